The van der Waals surface area contributed by atoms with E-state index in [1.807, 2.05) is 18.2 Å². The Kier molecular flexibility index (Phi) is 3.67. The maximum atomic E-state index is 12.5. The molecule has 2 aromatic carbocycles. The number of hydrogen-bond acceptors (Lipinski definition) is 3. The van der Waals surface area contributed by atoms with Crippen molar-refractivity contribution in [1.29, 1.82) is 0 Å². The molecular formula is C17H13ClO3. The van der Waals surface area contributed by atoms with E-state index in [1.165, 1.54) is 0 Å². The summed E-state index contributed by atoms with van der Waals surface area (Å²) >= 11 is 5.96. The van der Waals surface area contributed by atoms with Gasteiger partial charge < -0.3 is 9.47 Å². The number of Topliss-reactive ketones (excluding diaryl/α,β-unsaturated/α-hetero) is 1. The van der Waals surface area contributed by atoms with Crippen LogP contribution in [-0.2, 0) is 0 Å². The normalized spacial score (nSPS) is 15.5. The molecule has 1 aliphatic rings. The molecule has 0 spiro atoms. The number of hydrogen-bond donors (Lipinski definition) is 0. The van der Waals surface area contributed by atoms with E-state index in [0.717, 1.165) is 5.56 Å². The third-order valence-electron chi connectivity index (χ3n) is 3.30. The van der Waals surface area contributed by atoms with Gasteiger partial charge in [-0.2, -0.15) is 0 Å². The molecule has 0 amide bonds. The van der Waals surface area contributed by atoms with Crippen LogP contribution in [0.3, 0.4) is 0 Å². The minimum Gasteiger partial charge on any atom is -0.497 e. The summed E-state index contributed by atoms with van der Waals surface area (Å²) in [4.78, 5) is 12.5. The number of methoxy groups -OCH3 is 1. The molecule has 0 N–H and O–H groups in total. The van der Waals surface area contributed by atoms with Crippen LogP contribution in [0.5, 0.6) is 11.5 Å². The first-order valence-electron chi connectivity index (χ1n) is 6.49. The number of carbonyl (C=O) groups excluding carboxylic acids is 1. The molecule has 0 radical (unpaired) electrons. The SMILES string of the molecule is COc1ccc2c(c1)C(=O)/C(=C/c1cccc(Cl)c1)CO2. The minimum absolute atomic E-state index is 0.0462. The molecule has 1 aliphatic heterocycles. The van der Waals surface area contributed by atoms with Crippen molar-refractivity contribution in [2.45, 2.75) is 0 Å². The fourth-order valence-corrected chi connectivity index (χ4v) is 2.44. The Morgan fingerprint density at radius 1 is 1.24 bits per heavy atom. The summed E-state index contributed by atoms with van der Waals surface area (Å²) in [5.41, 5.74) is 1.99. The van der Waals surface area contributed by atoms with Gasteiger partial charge in [0.05, 0.1) is 12.7 Å². The van der Waals surface area contributed by atoms with Gasteiger partial charge in [-0.1, -0.05) is 23.7 Å². The van der Waals surface area contributed by atoms with Crippen LogP contribution < -0.4 is 9.47 Å². The van der Waals surface area contributed by atoms with E-state index >= 15 is 0 Å². The predicted octanol–water partition coefficient (Wildman–Crippen LogP) is 4.01. The molecule has 0 saturated heterocycles. The summed E-state index contributed by atoms with van der Waals surface area (Å²) in [5, 5.41) is 0.635. The summed E-state index contributed by atoms with van der Waals surface area (Å²) in [6.07, 6.45) is 1.80. The van der Waals surface area contributed by atoms with E-state index < -0.39 is 0 Å². The van der Waals surface area contributed by atoms with E-state index in [4.69, 9.17) is 21.1 Å². The lowest BCUT2D eigenvalue weighted by atomic mass is 9.98. The van der Waals surface area contributed by atoms with Crippen LogP contribution >= 0.6 is 11.6 Å². The molecule has 21 heavy (non-hydrogen) atoms. The smallest absolute Gasteiger partial charge is 0.196 e. The highest BCUT2D eigenvalue weighted by atomic mass is 35.5. The van der Waals surface area contributed by atoms with Crippen LogP contribution in [0, 0.1) is 0 Å². The summed E-state index contributed by atoms with van der Waals surface area (Å²) < 4.78 is 10.8. The third kappa shape index (κ3) is 2.78. The van der Waals surface area contributed by atoms with Crippen molar-refractivity contribution in [2.75, 3.05) is 13.7 Å². The van der Waals surface area contributed by atoms with Crippen molar-refractivity contribution in [3.63, 3.8) is 0 Å². The molecule has 2 aromatic rings. The van der Waals surface area contributed by atoms with Crippen LogP contribution in [0.25, 0.3) is 6.08 Å². The van der Waals surface area contributed by atoms with Crippen molar-refractivity contribution >= 4 is 23.5 Å². The van der Waals surface area contributed by atoms with Gasteiger partial charge in [-0.15, -0.1) is 0 Å². The standard InChI is InChI=1S/C17H13ClO3/c1-20-14-5-6-16-15(9-14)17(19)12(10-21-16)7-11-3-2-4-13(18)8-11/h2-9H,10H2,1H3/b12-7+. The molecule has 0 saturated carbocycles. The fraction of sp³-hybridized carbons (Fsp3) is 0.118. The zero-order valence-electron chi connectivity index (χ0n) is 11.4. The first kappa shape index (κ1) is 13.7. The van der Waals surface area contributed by atoms with Gasteiger partial charge >= 0.3 is 0 Å². The largest absolute Gasteiger partial charge is 0.497 e. The number of ketones is 1. The maximum absolute atomic E-state index is 12.5. The van der Waals surface area contributed by atoms with E-state index in [9.17, 15) is 4.79 Å². The minimum atomic E-state index is -0.0462. The highest BCUT2D eigenvalue weighted by Crippen LogP contribution is 2.31. The number of ether oxygens (including phenoxy) is 2. The van der Waals surface area contributed by atoms with Crippen molar-refractivity contribution in [1.82, 2.24) is 0 Å². The van der Waals surface area contributed by atoms with Crippen LogP contribution in [0.2, 0.25) is 5.02 Å². The zero-order chi connectivity index (χ0) is 14.8. The van der Waals surface area contributed by atoms with E-state index in [0.29, 0.717) is 27.7 Å². The lowest BCUT2D eigenvalue weighted by Gasteiger charge is -2.19. The first-order valence-corrected chi connectivity index (χ1v) is 6.87. The molecule has 0 aromatic heterocycles. The Balaban J connectivity index is 1.98. The Morgan fingerprint density at radius 3 is 2.86 bits per heavy atom. The number of fused-ring (bicyclic) bond motifs is 1. The predicted molar refractivity (Wildman–Crippen MR) is 82.2 cm³/mol. The van der Waals surface area contributed by atoms with Crippen molar-refractivity contribution < 1.29 is 14.3 Å². The molecule has 4 heteroatoms. The second kappa shape index (κ2) is 5.62. The average molecular weight is 301 g/mol. The number of benzene rings is 2. The molecule has 0 bridgehead atoms. The van der Waals surface area contributed by atoms with Crippen LogP contribution in [0.15, 0.2) is 48.0 Å². The van der Waals surface area contributed by atoms with Crippen LogP contribution in [-0.4, -0.2) is 19.5 Å². The van der Waals surface area contributed by atoms with E-state index in [2.05, 4.69) is 0 Å². The van der Waals surface area contributed by atoms with Crippen LogP contribution in [0.1, 0.15) is 15.9 Å². The Hall–Kier alpha value is -2.26. The third-order valence-corrected chi connectivity index (χ3v) is 3.53. The Labute approximate surface area is 127 Å². The summed E-state index contributed by atoms with van der Waals surface area (Å²) in [7, 11) is 1.57. The average Bonchev–Trinajstić information content (AvgIpc) is 2.50. The molecule has 1 heterocycles. The lowest BCUT2D eigenvalue weighted by molar-refractivity contribution is 0.100. The summed E-state index contributed by atoms with van der Waals surface area (Å²) in [6, 6.07) is 12.6. The maximum Gasteiger partial charge on any atom is 0.196 e. The summed E-state index contributed by atoms with van der Waals surface area (Å²) in [5.74, 6) is 1.17. The Morgan fingerprint density at radius 2 is 2.10 bits per heavy atom. The number of carbonyl (C=O) groups is 1. The monoisotopic (exact) mass is 300 g/mol. The molecule has 106 valence electrons. The van der Waals surface area contributed by atoms with Crippen LogP contribution in [0.4, 0.5) is 0 Å². The number of halogens is 1. The highest BCUT2D eigenvalue weighted by Gasteiger charge is 2.23. The molecule has 0 atom stereocenters. The van der Waals surface area contributed by atoms with Crippen molar-refractivity contribution in [3.8, 4) is 11.5 Å². The lowest BCUT2D eigenvalue weighted by Crippen LogP contribution is -2.19. The second-order valence-electron chi connectivity index (χ2n) is 4.70. The first-order chi connectivity index (χ1) is 10.2. The number of rotatable bonds is 2. The second-order valence-corrected chi connectivity index (χ2v) is 5.14. The fourth-order valence-electron chi connectivity index (χ4n) is 2.24. The van der Waals surface area contributed by atoms with Gasteiger partial charge in [0, 0.05) is 10.6 Å². The van der Waals surface area contributed by atoms with Gasteiger partial charge in [0.2, 0.25) is 0 Å². The molecule has 0 aliphatic carbocycles. The van der Waals surface area contributed by atoms with Gasteiger partial charge in [0.25, 0.3) is 0 Å². The van der Waals surface area contributed by atoms with Gasteiger partial charge in [-0.05, 0) is 42.0 Å². The van der Waals surface area contributed by atoms with E-state index in [1.54, 1.807) is 37.5 Å². The zero-order valence-corrected chi connectivity index (χ0v) is 12.2. The topological polar surface area (TPSA) is 35.5 Å². The van der Waals surface area contributed by atoms with E-state index in [-0.39, 0.29) is 12.4 Å². The summed E-state index contributed by atoms with van der Waals surface area (Å²) in [6.45, 7) is 0.255. The van der Waals surface area contributed by atoms with Gasteiger partial charge in [-0.3, -0.25) is 4.79 Å². The van der Waals surface area contributed by atoms with Gasteiger partial charge in [0.15, 0.2) is 5.78 Å². The van der Waals surface area contributed by atoms with Gasteiger partial charge in [0.1, 0.15) is 18.1 Å². The van der Waals surface area contributed by atoms with Crippen molar-refractivity contribution in [2.24, 2.45) is 0 Å². The molecule has 0 unspecified atom stereocenters. The van der Waals surface area contributed by atoms with Crippen molar-refractivity contribution in [3.05, 3.63) is 64.2 Å². The molecule has 3 nitrogen and oxygen atoms in total. The molecule has 0 fully saturated rings. The molecular weight excluding hydrogens is 288 g/mol. The molecule has 3 rings (SSSR count). The quantitative estimate of drug-likeness (QED) is 0.786. The highest BCUT2D eigenvalue weighted by molar-refractivity contribution is 6.30. The Bertz CT molecular complexity index is 735. The van der Waals surface area contributed by atoms with Gasteiger partial charge in [-0.25, -0.2) is 0 Å².